The molecular weight excluding hydrogens is 380 g/mol. The normalized spacial score (nSPS) is 36.2. The first-order chi connectivity index (χ1) is 13.8. The summed E-state index contributed by atoms with van der Waals surface area (Å²) in [4.78, 5) is 38.2. The highest BCUT2D eigenvalue weighted by molar-refractivity contribution is 5.97. The fourth-order valence-corrected chi connectivity index (χ4v) is 6.25. The van der Waals surface area contributed by atoms with Gasteiger partial charge in [-0.1, -0.05) is 45.8 Å². The Morgan fingerprint density at radius 2 is 1.77 bits per heavy atom. The molecule has 4 bridgehead atoms. The van der Waals surface area contributed by atoms with Crippen LogP contribution in [-0.4, -0.2) is 29.9 Å². The second-order valence-electron chi connectivity index (χ2n) is 10.9. The highest BCUT2D eigenvalue weighted by Crippen LogP contribution is 2.72. The predicted octanol–water partition coefficient (Wildman–Crippen LogP) is 4.65. The van der Waals surface area contributed by atoms with E-state index in [2.05, 4.69) is 20.8 Å². The van der Waals surface area contributed by atoms with E-state index in [-0.39, 0.29) is 41.4 Å². The molecule has 166 valence electrons. The maximum atomic E-state index is 13.1. The molecule has 3 fully saturated rings. The van der Waals surface area contributed by atoms with Gasteiger partial charge in [-0.25, -0.2) is 4.79 Å². The summed E-state index contributed by atoms with van der Waals surface area (Å²) >= 11 is 0. The Hall–Kier alpha value is -1.91. The van der Waals surface area contributed by atoms with Crippen LogP contribution in [0.15, 0.2) is 23.3 Å². The standard InChI is InChI=1S/C25H36O5/c1-13(2)9-19(27)29-17-12-18(30-20(28)10-14(3)4)25(8)21-15(5)11-16(26)22(25)23(21)24(17,6)7/h9,11,14,17-18,21-23H,10,12H2,1-8H3. The zero-order valence-electron chi connectivity index (χ0n) is 19.6. The largest absolute Gasteiger partial charge is 0.462 e. The molecule has 0 heterocycles. The van der Waals surface area contributed by atoms with Gasteiger partial charge >= 0.3 is 11.9 Å². The lowest BCUT2D eigenvalue weighted by molar-refractivity contribution is -0.204. The van der Waals surface area contributed by atoms with Crippen molar-refractivity contribution in [2.75, 3.05) is 0 Å². The molecule has 0 radical (unpaired) electrons. The van der Waals surface area contributed by atoms with Gasteiger partial charge in [0.15, 0.2) is 5.78 Å². The molecule has 0 N–H and O–H groups in total. The number of rotatable bonds is 5. The third-order valence-corrected chi connectivity index (χ3v) is 7.55. The van der Waals surface area contributed by atoms with Gasteiger partial charge in [0.25, 0.3) is 0 Å². The molecule has 4 aliphatic carbocycles. The van der Waals surface area contributed by atoms with Crippen molar-refractivity contribution >= 4 is 17.7 Å². The van der Waals surface area contributed by atoms with Gasteiger partial charge in [0.2, 0.25) is 0 Å². The number of hydrogen-bond acceptors (Lipinski definition) is 5. The SMILES string of the molecule is CC(C)=CC(=O)OC1CC(OC(=O)CC(C)C)C2(C)C3C(=O)C=C(C)C2C3C1(C)C. The summed E-state index contributed by atoms with van der Waals surface area (Å²) in [7, 11) is 0. The summed E-state index contributed by atoms with van der Waals surface area (Å²) in [5.41, 5.74) is 1.05. The fraction of sp³-hybridized carbons (Fsp3) is 0.720. The average Bonchev–Trinajstić information content (AvgIpc) is 2.66. The zero-order valence-corrected chi connectivity index (χ0v) is 19.6. The lowest BCUT2D eigenvalue weighted by Gasteiger charge is -2.65. The van der Waals surface area contributed by atoms with Gasteiger partial charge in [-0.3, -0.25) is 9.59 Å². The van der Waals surface area contributed by atoms with Crippen molar-refractivity contribution < 1.29 is 23.9 Å². The van der Waals surface area contributed by atoms with E-state index < -0.39 is 23.0 Å². The van der Waals surface area contributed by atoms with Gasteiger partial charge in [-0.15, -0.1) is 0 Å². The first kappa shape index (κ1) is 22.8. The Kier molecular flexibility index (Phi) is 5.81. The third kappa shape index (κ3) is 3.54. The molecule has 0 aromatic carbocycles. The van der Waals surface area contributed by atoms with Crippen molar-refractivity contribution in [2.45, 2.75) is 80.4 Å². The number of carbonyl (C=O) groups excluding carboxylic acids is 3. The number of esters is 2. The third-order valence-electron chi connectivity index (χ3n) is 7.55. The Morgan fingerprint density at radius 3 is 2.30 bits per heavy atom. The minimum absolute atomic E-state index is 0.0679. The molecule has 0 aromatic rings. The molecule has 6 atom stereocenters. The Balaban J connectivity index is 2.01. The van der Waals surface area contributed by atoms with Crippen LogP contribution < -0.4 is 0 Å². The molecule has 5 nitrogen and oxygen atoms in total. The molecule has 0 spiro atoms. The van der Waals surface area contributed by atoms with Crippen LogP contribution in [-0.2, 0) is 23.9 Å². The number of fused-ring (bicyclic) bond motifs is 3. The van der Waals surface area contributed by atoms with E-state index >= 15 is 0 Å². The smallest absolute Gasteiger partial charge is 0.330 e. The van der Waals surface area contributed by atoms with Crippen LogP contribution in [0, 0.1) is 34.5 Å². The van der Waals surface area contributed by atoms with Crippen LogP contribution in [0.2, 0.25) is 0 Å². The maximum Gasteiger partial charge on any atom is 0.330 e. The van der Waals surface area contributed by atoms with E-state index in [9.17, 15) is 14.4 Å². The lowest BCUT2D eigenvalue weighted by Crippen LogP contribution is -2.67. The van der Waals surface area contributed by atoms with Gasteiger partial charge in [-0.2, -0.15) is 0 Å². The van der Waals surface area contributed by atoms with Crippen LogP contribution in [0.1, 0.15) is 68.2 Å². The molecule has 0 saturated heterocycles. The summed E-state index contributed by atoms with van der Waals surface area (Å²) in [6.07, 6.45) is 3.10. The van der Waals surface area contributed by atoms with E-state index in [0.717, 1.165) is 11.1 Å². The minimum Gasteiger partial charge on any atom is -0.462 e. The molecule has 0 aliphatic heterocycles. The minimum atomic E-state index is -0.464. The Bertz CT molecular complexity index is 813. The molecule has 3 saturated carbocycles. The fourth-order valence-electron chi connectivity index (χ4n) is 6.25. The molecule has 4 aliphatic rings. The van der Waals surface area contributed by atoms with Crippen molar-refractivity contribution in [1.82, 2.24) is 0 Å². The highest BCUT2D eigenvalue weighted by atomic mass is 16.6. The summed E-state index contributed by atoms with van der Waals surface area (Å²) in [6.45, 7) is 15.9. The summed E-state index contributed by atoms with van der Waals surface area (Å²) in [5.74, 6) is -0.343. The Morgan fingerprint density at radius 1 is 1.13 bits per heavy atom. The van der Waals surface area contributed by atoms with Gasteiger partial charge in [0.1, 0.15) is 12.2 Å². The molecule has 4 rings (SSSR count). The number of carbonyl (C=O) groups is 3. The Labute approximate surface area is 180 Å². The number of allylic oxidation sites excluding steroid dienone is 3. The summed E-state index contributed by atoms with van der Waals surface area (Å²) < 4.78 is 12.0. The summed E-state index contributed by atoms with van der Waals surface area (Å²) in [6, 6.07) is 0. The topological polar surface area (TPSA) is 69.7 Å². The van der Waals surface area contributed by atoms with Gasteiger partial charge in [0, 0.05) is 35.7 Å². The van der Waals surface area contributed by atoms with Crippen molar-refractivity contribution in [1.29, 1.82) is 0 Å². The van der Waals surface area contributed by atoms with Crippen molar-refractivity contribution in [3.8, 4) is 0 Å². The van der Waals surface area contributed by atoms with Crippen LogP contribution in [0.25, 0.3) is 0 Å². The van der Waals surface area contributed by atoms with Crippen LogP contribution in [0.4, 0.5) is 0 Å². The number of hydrogen-bond donors (Lipinski definition) is 0. The summed E-state index contributed by atoms with van der Waals surface area (Å²) in [5, 5.41) is 0. The molecular formula is C25H36O5. The second kappa shape index (κ2) is 7.65. The van der Waals surface area contributed by atoms with Crippen molar-refractivity contribution in [3.63, 3.8) is 0 Å². The van der Waals surface area contributed by atoms with E-state index in [1.54, 1.807) is 6.08 Å². The lowest BCUT2D eigenvalue weighted by atomic mass is 9.37. The van der Waals surface area contributed by atoms with E-state index in [4.69, 9.17) is 9.47 Å². The first-order valence-corrected chi connectivity index (χ1v) is 11.1. The number of ketones is 1. The maximum absolute atomic E-state index is 13.1. The van der Waals surface area contributed by atoms with Gasteiger partial charge in [0.05, 0.1) is 0 Å². The average molecular weight is 417 g/mol. The highest BCUT2D eigenvalue weighted by Gasteiger charge is 2.74. The van der Waals surface area contributed by atoms with Crippen LogP contribution in [0.3, 0.4) is 0 Å². The van der Waals surface area contributed by atoms with Gasteiger partial charge in [-0.05, 0) is 44.6 Å². The van der Waals surface area contributed by atoms with Crippen LogP contribution >= 0.6 is 0 Å². The van der Waals surface area contributed by atoms with Crippen molar-refractivity contribution in [2.24, 2.45) is 34.5 Å². The quantitative estimate of drug-likeness (QED) is 0.482. The molecule has 5 heteroatoms. The van der Waals surface area contributed by atoms with E-state index in [1.165, 1.54) is 6.08 Å². The first-order valence-electron chi connectivity index (χ1n) is 11.1. The molecule has 0 amide bonds. The second-order valence-corrected chi connectivity index (χ2v) is 10.9. The monoisotopic (exact) mass is 416 g/mol. The van der Waals surface area contributed by atoms with Crippen molar-refractivity contribution in [3.05, 3.63) is 23.3 Å². The molecule has 30 heavy (non-hydrogen) atoms. The number of ether oxygens (including phenoxy) is 2. The zero-order chi connectivity index (χ0) is 22.6. The van der Waals surface area contributed by atoms with E-state index in [0.29, 0.717) is 12.8 Å². The predicted molar refractivity (Wildman–Crippen MR) is 114 cm³/mol. The van der Waals surface area contributed by atoms with Gasteiger partial charge < -0.3 is 9.47 Å². The molecule has 6 unspecified atom stereocenters. The molecule has 0 aromatic heterocycles. The van der Waals surface area contributed by atoms with E-state index in [1.807, 2.05) is 34.6 Å². The van der Waals surface area contributed by atoms with Crippen LogP contribution in [0.5, 0.6) is 0 Å².